The molecule has 0 spiro atoms. The summed E-state index contributed by atoms with van der Waals surface area (Å²) in [5.74, 6) is 0.177. The van der Waals surface area contributed by atoms with Crippen molar-refractivity contribution in [3.05, 3.63) is 35.8 Å². The first kappa shape index (κ1) is 28.0. The zero-order chi connectivity index (χ0) is 28.7. The van der Waals surface area contributed by atoms with Gasteiger partial charge in [-0.2, -0.15) is 10.4 Å². The molecule has 0 aromatic carbocycles. The second kappa shape index (κ2) is 10.8. The smallest absolute Gasteiger partial charge is 0.283 e. The van der Waals surface area contributed by atoms with Gasteiger partial charge in [-0.25, -0.2) is 27.8 Å². The minimum atomic E-state index is -3.77. The maximum atomic E-state index is 13.0. The van der Waals surface area contributed by atoms with Gasteiger partial charge in [0.1, 0.15) is 11.5 Å². The summed E-state index contributed by atoms with van der Waals surface area (Å²) < 4.78 is 27.8. The number of carbonyl (C=O) groups excluding carboxylic acids is 1. The number of anilines is 1. The number of hydrogen-bond acceptors (Lipinski definition) is 8. The molecule has 40 heavy (non-hydrogen) atoms. The molecule has 212 valence electrons. The number of hydrogen-bond donors (Lipinski definition) is 1. The lowest BCUT2D eigenvalue weighted by molar-refractivity contribution is 0.0977. The average Bonchev–Trinajstić information content (AvgIpc) is 3.33. The number of nitrogens with one attached hydrogen (secondary N) is 1. The summed E-state index contributed by atoms with van der Waals surface area (Å²) in [4.78, 5) is 24.7. The second-order valence-corrected chi connectivity index (χ2v) is 13.5. The highest BCUT2D eigenvalue weighted by Gasteiger charge is 2.31. The van der Waals surface area contributed by atoms with E-state index in [9.17, 15) is 18.5 Å². The van der Waals surface area contributed by atoms with Crippen molar-refractivity contribution in [1.82, 2.24) is 24.5 Å². The lowest BCUT2D eigenvalue weighted by Gasteiger charge is -2.35. The normalized spacial score (nSPS) is 18.1. The maximum Gasteiger partial charge on any atom is 0.283 e. The molecule has 1 aliphatic heterocycles. The van der Waals surface area contributed by atoms with Gasteiger partial charge in [0.25, 0.3) is 5.91 Å². The van der Waals surface area contributed by atoms with Gasteiger partial charge in [-0.15, -0.1) is 0 Å². The summed E-state index contributed by atoms with van der Waals surface area (Å²) in [6.45, 7) is 7.71. The lowest BCUT2D eigenvalue weighted by Crippen LogP contribution is -2.38. The molecule has 5 rings (SSSR count). The molecule has 2 aliphatic rings. The molecule has 3 aromatic heterocycles. The summed E-state index contributed by atoms with van der Waals surface area (Å²) in [6.07, 6.45) is 9.71. The number of pyridine rings is 2. The number of nitrogens with zero attached hydrogens (tertiary/aromatic N) is 6. The highest BCUT2D eigenvalue weighted by molar-refractivity contribution is 7.89. The number of fused-ring (bicyclic) bond motifs is 1. The molecule has 4 heterocycles. The van der Waals surface area contributed by atoms with Crippen molar-refractivity contribution in [3.63, 3.8) is 0 Å². The Balaban J connectivity index is 1.61. The first-order chi connectivity index (χ1) is 19.0. The minimum absolute atomic E-state index is 0.0242. The van der Waals surface area contributed by atoms with Gasteiger partial charge in [0.15, 0.2) is 5.65 Å². The van der Waals surface area contributed by atoms with Gasteiger partial charge in [-0.05, 0) is 62.3 Å². The number of amides is 1. The van der Waals surface area contributed by atoms with Gasteiger partial charge >= 0.3 is 0 Å². The fourth-order valence-electron chi connectivity index (χ4n) is 5.79. The van der Waals surface area contributed by atoms with E-state index in [-0.39, 0.29) is 23.1 Å². The standard InChI is InChI=1S/C29H37N7O3S/c1-19(2)26-25-22(20-10-11-24(31-17-20)35-14-12-29(3,18-30)13-15-35)16-23(28(37)34-40(4,38)39)32-27(25)36(33-26)21-8-6-5-7-9-21/h10-11,16-17,19,21H,5-9,12-15H2,1-4H3,(H,34,37). The van der Waals surface area contributed by atoms with E-state index in [0.29, 0.717) is 5.65 Å². The van der Waals surface area contributed by atoms with Crippen LogP contribution in [0.2, 0.25) is 0 Å². The van der Waals surface area contributed by atoms with Crippen LogP contribution in [-0.2, 0) is 10.0 Å². The predicted octanol–water partition coefficient (Wildman–Crippen LogP) is 4.94. The summed E-state index contributed by atoms with van der Waals surface area (Å²) in [6, 6.07) is 8.21. The molecular weight excluding hydrogens is 526 g/mol. The topological polar surface area (TPSA) is 134 Å². The van der Waals surface area contributed by atoms with Crippen LogP contribution in [0.4, 0.5) is 5.82 Å². The van der Waals surface area contributed by atoms with Crippen LogP contribution in [0, 0.1) is 16.7 Å². The molecule has 1 saturated heterocycles. The Hall–Kier alpha value is -3.52. The minimum Gasteiger partial charge on any atom is -0.357 e. The molecule has 2 fully saturated rings. The fraction of sp³-hybridized carbons (Fsp3) is 0.552. The Kier molecular flexibility index (Phi) is 7.57. The molecule has 0 bridgehead atoms. The van der Waals surface area contributed by atoms with Crippen LogP contribution in [-0.4, -0.2) is 53.4 Å². The SMILES string of the molecule is CC(C)c1nn(C2CCCCC2)c2nc(C(=O)NS(C)(=O)=O)cc(-c3ccc(N4CCC(C)(C#N)CC4)nc3)c12. The van der Waals surface area contributed by atoms with Crippen LogP contribution in [0.15, 0.2) is 24.4 Å². The van der Waals surface area contributed by atoms with Crippen molar-refractivity contribution in [2.24, 2.45) is 5.41 Å². The van der Waals surface area contributed by atoms with E-state index in [1.807, 2.05) is 23.7 Å². The number of piperidine rings is 1. The first-order valence-corrected chi connectivity index (χ1v) is 15.9. The molecule has 0 atom stereocenters. The van der Waals surface area contributed by atoms with Gasteiger partial charge in [0, 0.05) is 24.8 Å². The van der Waals surface area contributed by atoms with Gasteiger partial charge < -0.3 is 4.90 Å². The molecule has 1 aliphatic carbocycles. The summed E-state index contributed by atoms with van der Waals surface area (Å²) in [7, 11) is -3.77. The highest BCUT2D eigenvalue weighted by atomic mass is 32.2. The largest absolute Gasteiger partial charge is 0.357 e. The van der Waals surface area contributed by atoms with Gasteiger partial charge in [0.2, 0.25) is 10.0 Å². The number of carbonyl (C=O) groups is 1. The van der Waals surface area contributed by atoms with Crippen LogP contribution >= 0.6 is 0 Å². The molecule has 11 heteroatoms. The third-order valence-corrected chi connectivity index (χ3v) is 8.74. The quantitative estimate of drug-likeness (QED) is 0.446. The van der Waals surface area contributed by atoms with Crippen molar-refractivity contribution >= 4 is 32.8 Å². The van der Waals surface area contributed by atoms with E-state index in [1.54, 1.807) is 12.3 Å². The number of nitriles is 1. The van der Waals surface area contributed by atoms with Crippen molar-refractivity contribution in [3.8, 4) is 17.2 Å². The molecule has 1 saturated carbocycles. The molecule has 10 nitrogen and oxygen atoms in total. The monoisotopic (exact) mass is 563 g/mol. The summed E-state index contributed by atoms with van der Waals surface area (Å²) in [5.41, 5.74) is 2.78. The van der Waals surface area contributed by atoms with Gasteiger partial charge in [0.05, 0.1) is 34.9 Å². The van der Waals surface area contributed by atoms with E-state index in [0.717, 1.165) is 85.9 Å². The maximum absolute atomic E-state index is 13.0. The Morgan fingerprint density at radius 3 is 2.45 bits per heavy atom. The van der Waals surface area contributed by atoms with E-state index in [1.165, 1.54) is 6.42 Å². The Bertz CT molecular complexity index is 1560. The molecule has 1 N–H and O–H groups in total. The van der Waals surface area contributed by atoms with Gasteiger partial charge in [-0.1, -0.05) is 33.1 Å². The van der Waals surface area contributed by atoms with Crippen molar-refractivity contribution in [2.75, 3.05) is 24.2 Å². The van der Waals surface area contributed by atoms with Crippen LogP contribution in [0.1, 0.15) is 93.9 Å². The van der Waals surface area contributed by atoms with E-state index in [4.69, 9.17) is 15.1 Å². The second-order valence-electron chi connectivity index (χ2n) is 11.8. The van der Waals surface area contributed by atoms with E-state index in [2.05, 4.69) is 29.5 Å². The fourth-order valence-corrected chi connectivity index (χ4v) is 6.23. The van der Waals surface area contributed by atoms with E-state index >= 15 is 0 Å². The number of aromatic nitrogens is 4. The van der Waals surface area contributed by atoms with Crippen molar-refractivity contribution in [2.45, 2.75) is 77.7 Å². The van der Waals surface area contributed by atoms with Crippen LogP contribution in [0.25, 0.3) is 22.2 Å². The molecule has 0 unspecified atom stereocenters. The zero-order valence-corrected chi connectivity index (χ0v) is 24.5. The predicted molar refractivity (Wildman–Crippen MR) is 154 cm³/mol. The Morgan fingerprint density at radius 1 is 1.18 bits per heavy atom. The Labute approximate surface area is 235 Å². The van der Waals surface area contributed by atoms with Crippen molar-refractivity contribution < 1.29 is 13.2 Å². The molecule has 1 amide bonds. The summed E-state index contributed by atoms with van der Waals surface area (Å²) >= 11 is 0. The van der Waals surface area contributed by atoms with Crippen LogP contribution < -0.4 is 9.62 Å². The molecule has 0 radical (unpaired) electrons. The van der Waals surface area contributed by atoms with E-state index < -0.39 is 15.9 Å². The number of rotatable bonds is 6. The third kappa shape index (κ3) is 5.68. The molecule has 3 aromatic rings. The van der Waals surface area contributed by atoms with Crippen LogP contribution in [0.3, 0.4) is 0 Å². The lowest BCUT2D eigenvalue weighted by atomic mass is 9.82. The van der Waals surface area contributed by atoms with Crippen molar-refractivity contribution in [1.29, 1.82) is 5.26 Å². The summed E-state index contributed by atoms with van der Waals surface area (Å²) in [5, 5.41) is 15.4. The Morgan fingerprint density at radius 2 is 1.88 bits per heavy atom. The first-order valence-electron chi connectivity index (χ1n) is 14.1. The highest BCUT2D eigenvalue weighted by Crippen LogP contribution is 2.38. The van der Waals surface area contributed by atoms with Gasteiger partial charge in [-0.3, -0.25) is 4.79 Å². The van der Waals surface area contributed by atoms with Crippen LogP contribution in [0.5, 0.6) is 0 Å². The number of sulfonamides is 1. The molecular formula is C29H37N7O3S. The third-order valence-electron chi connectivity index (χ3n) is 8.19. The average molecular weight is 564 g/mol. The zero-order valence-electron chi connectivity index (χ0n) is 23.6.